The molecule has 1 rings (SSSR count). The number of hydrogen-bond donors (Lipinski definition) is 1. The van der Waals surface area contributed by atoms with Crippen LogP contribution in [0.3, 0.4) is 0 Å². The minimum Gasteiger partial charge on any atom is -0.382 e. The summed E-state index contributed by atoms with van der Waals surface area (Å²) >= 11 is 0. The molecule has 0 aliphatic heterocycles. The number of rotatable bonds is 8. The third kappa shape index (κ3) is 5.25. The lowest BCUT2D eigenvalue weighted by atomic mass is 9.63. The van der Waals surface area contributed by atoms with E-state index in [1.54, 1.807) is 7.11 Å². The summed E-state index contributed by atoms with van der Waals surface area (Å²) in [5, 5.41) is 0. The van der Waals surface area contributed by atoms with E-state index in [4.69, 9.17) is 15.2 Å². The van der Waals surface area contributed by atoms with Crippen LogP contribution in [-0.2, 0) is 9.47 Å². The predicted octanol–water partition coefficient (Wildman–Crippen LogP) is 2.97. The molecule has 0 aromatic rings. The normalized spacial score (nSPS) is 22.0. The van der Waals surface area contributed by atoms with E-state index in [1.807, 2.05) is 0 Å². The van der Waals surface area contributed by atoms with Crippen LogP contribution < -0.4 is 5.73 Å². The Morgan fingerprint density at radius 3 is 2.22 bits per heavy atom. The lowest BCUT2D eigenvalue weighted by Crippen LogP contribution is -2.37. The molecule has 0 radical (unpaired) electrons. The maximum atomic E-state index is 6.03. The number of methoxy groups -OCH3 is 1. The molecule has 0 aromatic heterocycles. The minimum absolute atomic E-state index is 0.389. The van der Waals surface area contributed by atoms with E-state index in [0.717, 1.165) is 19.6 Å². The Bertz CT molecular complexity index is 219. The van der Waals surface area contributed by atoms with E-state index >= 15 is 0 Å². The molecular weight excluding hydrogens is 226 g/mol. The Labute approximate surface area is 112 Å². The molecule has 3 nitrogen and oxygen atoms in total. The highest BCUT2D eigenvalue weighted by Crippen LogP contribution is 2.46. The molecule has 1 saturated carbocycles. The van der Waals surface area contributed by atoms with Gasteiger partial charge in [0.2, 0.25) is 0 Å². The molecule has 108 valence electrons. The van der Waals surface area contributed by atoms with Crippen molar-refractivity contribution in [1.29, 1.82) is 0 Å². The van der Waals surface area contributed by atoms with Crippen LogP contribution in [-0.4, -0.2) is 33.5 Å². The average molecular weight is 257 g/mol. The lowest BCUT2D eigenvalue weighted by molar-refractivity contribution is 0.0523. The molecule has 0 spiro atoms. The maximum absolute atomic E-state index is 6.03. The third-order valence-electron chi connectivity index (χ3n) is 4.52. The smallest absolute Gasteiger partial charge is 0.0700 e. The number of nitrogens with two attached hydrogens (primary N) is 1. The van der Waals surface area contributed by atoms with Gasteiger partial charge in [-0.05, 0) is 55.9 Å². The van der Waals surface area contributed by atoms with Gasteiger partial charge in [-0.1, -0.05) is 13.8 Å². The summed E-state index contributed by atoms with van der Waals surface area (Å²) in [6.07, 6.45) is 7.54. The fraction of sp³-hybridized carbons (Fsp3) is 1.00. The van der Waals surface area contributed by atoms with Gasteiger partial charge < -0.3 is 15.2 Å². The zero-order valence-electron chi connectivity index (χ0n) is 12.5. The Morgan fingerprint density at radius 1 is 1.00 bits per heavy atom. The van der Waals surface area contributed by atoms with Crippen molar-refractivity contribution in [2.45, 2.75) is 52.4 Å². The van der Waals surface area contributed by atoms with Gasteiger partial charge in [0, 0.05) is 13.7 Å². The lowest BCUT2D eigenvalue weighted by Gasteiger charge is -2.43. The third-order valence-corrected chi connectivity index (χ3v) is 4.52. The van der Waals surface area contributed by atoms with Crippen LogP contribution in [0.2, 0.25) is 0 Å². The zero-order chi connectivity index (χ0) is 13.5. The highest BCUT2D eigenvalue weighted by molar-refractivity contribution is 4.89. The standard InChI is InChI=1S/C15H31NO2/c1-14(2)6-8-15(13-16,9-7-14)5-4-10-18-12-11-17-3/h4-13,16H2,1-3H3. The molecule has 0 atom stereocenters. The van der Waals surface area contributed by atoms with Gasteiger partial charge in [0.25, 0.3) is 0 Å². The largest absolute Gasteiger partial charge is 0.382 e. The minimum atomic E-state index is 0.389. The van der Waals surface area contributed by atoms with Gasteiger partial charge in [-0.25, -0.2) is 0 Å². The van der Waals surface area contributed by atoms with Crippen LogP contribution in [0.1, 0.15) is 52.4 Å². The van der Waals surface area contributed by atoms with Crippen molar-refractivity contribution in [2.24, 2.45) is 16.6 Å². The Hall–Kier alpha value is -0.120. The summed E-state index contributed by atoms with van der Waals surface area (Å²) in [6.45, 7) is 7.83. The van der Waals surface area contributed by atoms with Crippen LogP contribution in [0.5, 0.6) is 0 Å². The highest BCUT2D eigenvalue weighted by Gasteiger charge is 2.36. The Balaban J connectivity index is 2.21. The summed E-state index contributed by atoms with van der Waals surface area (Å²) in [6, 6.07) is 0. The topological polar surface area (TPSA) is 44.5 Å². The summed E-state index contributed by atoms with van der Waals surface area (Å²) in [7, 11) is 1.70. The van der Waals surface area contributed by atoms with E-state index in [1.165, 1.54) is 32.1 Å². The van der Waals surface area contributed by atoms with Crippen molar-refractivity contribution in [2.75, 3.05) is 33.5 Å². The molecule has 1 aliphatic carbocycles. The van der Waals surface area contributed by atoms with E-state index < -0.39 is 0 Å². The van der Waals surface area contributed by atoms with Crippen molar-refractivity contribution >= 4 is 0 Å². The van der Waals surface area contributed by atoms with Crippen LogP contribution in [0.15, 0.2) is 0 Å². The molecule has 2 N–H and O–H groups in total. The van der Waals surface area contributed by atoms with E-state index in [0.29, 0.717) is 24.0 Å². The van der Waals surface area contributed by atoms with Gasteiger partial charge in [0.15, 0.2) is 0 Å². The summed E-state index contributed by atoms with van der Waals surface area (Å²) < 4.78 is 10.5. The molecule has 0 unspecified atom stereocenters. The number of ether oxygens (including phenoxy) is 2. The monoisotopic (exact) mass is 257 g/mol. The van der Waals surface area contributed by atoms with Crippen LogP contribution in [0.4, 0.5) is 0 Å². The van der Waals surface area contributed by atoms with Gasteiger partial charge in [-0.15, -0.1) is 0 Å². The van der Waals surface area contributed by atoms with Crippen molar-refractivity contribution in [3.8, 4) is 0 Å². The zero-order valence-corrected chi connectivity index (χ0v) is 12.5. The Kier molecular flexibility index (Phi) is 6.61. The van der Waals surface area contributed by atoms with E-state index in [-0.39, 0.29) is 0 Å². The maximum Gasteiger partial charge on any atom is 0.0700 e. The first-order valence-corrected chi connectivity index (χ1v) is 7.30. The first kappa shape index (κ1) is 15.9. The molecule has 0 bridgehead atoms. The van der Waals surface area contributed by atoms with Crippen LogP contribution >= 0.6 is 0 Å². The second kappa shape index (κ2) is 7.46. The molecule has 0 amide bonds. The van der Waals surface area contributed by atoms with E-state index in [9.17, 15) is 0 Å². The van der Waals surface area contributed by atoms with Crippen molar-refractivity contribution in [1.82, 2.24) is 0 Å². The number of hydrogen-bond acceptors (Lipinski definition) is 3. The summed E-state index contributed by atoms with van der Waals surface area (Å²) in [5.41, 5.74) is 6.94. The summed E-state index contributed by atoms with van der Waals surface area (Å²) in [5.74, 6) is 0. The van der Waals surface area contributed by atoms with Crippen molar-refractivity contribution < 1.29 is 9.47 Å². The second-order valence-corrected chi connectivity index (χ2v) is 6.58. The summed E-state index contributed by atoms with van der Waals surface area (Å²) in [4.78, 5) is 0. The fourth-order valence-corrected chi connectivity index (χ4v) is 2.81. The van der Waals surface area contributed by atoms with Crippen molar-refractivity contribution in [3.05, 3.63) is 0 Å². The SMILES string of the molecule is COCCOCCCC1(CN)CCC(C)(C)CC1. The van der Waals surface area contributed by atoms with Crippen molar-refractivity contribution in [3.63, 3.8) is 0 Å². The van der Waals surface area contributed by atoms with Gasteiger partial charge >= 0.3 is 0 Å². The van der Waals surface area contributed by atoms with E-state index in [2.05, 4.69) is 13.8 Å². The molecule has 0 aromatic carbocycles. The van der Waals surface area contributed by atoms with Gasteiger partial charge in [0.1, 0.15) is 0 Å². The molecule has 0 heterocycles. The fourth-order valence-electron chi connectivity index (χ4n) is 2.81. The molecule has 1 fully saturated rings. The van der Waals surface area contributed by atoms with Crippen LogP contribution in [0.25, 0.3) is 0 Å². The first-order valence-electron chi connectivity index (χ1n) is 7.30. The quantitative estimate of drug-likeness (QED) is 0.680. The molecule has 1 aliphatic rings. The molecular formula is C15H31NO2. The highest BCUT2D eigenvalue weighted by atomic mass is 16.5. The molecule has 3 heteroatoms. The Morgan fingerprint density at radius 2 is 1.67 bits per heavy atom. The predicted molar refractivity (Wildman–Crippen MR) is 75.7 cm³/mol. The van der Waals surface area contributed by atoms with Crippen LogP contribution in [0, 0.1) is 10.8 Å². The van der Waals surface area contributed by atoms with Gasteiger partial charge in [-0.3, -0.25) is 0 Å². The molecule has 0 saturated heterocycles. The average Bonchev–Trinajstić information content (AvgIpc) is 2.36. The molecule has 18 heavy (non-hydrogen) atoms. The van der Waals surface area contributed by atoms with Gasteiger partial charge in [0.05, 0.1) is 13.2 Å². The van der Waals surface area contributed by atoms with Gasteiger partial charge in [-0.2, -0.15) is 0 Å². The first-order chi connectivity index (χ1) is 8.54. The second-order valence-electron chi connectivity index (χ2n) is 6.58.